The van der Waals surface area contributed by atoms with Crippen molar-refractivity contribution in [3.63, 3.8) is 0 Å². The minimum Gasteiger partial charge on any atom is -0.338 e. The summed E-state index contributed by atoms with van der Waals surface area (Å²) in [6.07, 6.45) is 3.31. The van der Waals surface area contributed by atoms with Crippen LogP contribution in [0.3, 0.4) is 0 Å². The fraction of sp³-hybridized carbons (Fsp3) is 0.846. The molecular formula is C13H23N5O2S. The van der Waals surface area contributed by atoms with Crippen molar-refractivity contribution in [2.24, 2.45) is 11.7 Å². The van der Waals surface area contributed by atoms with Gasteiger partial charge in [-0.2, -0.15) is 4.98 Å². The molecule has 0 saturated carbocycles. The minimum absolute atomic E-state index is 0.110. The molecule has 0 spiro atoms. The van der Waals surface area contributed by atoms with Gasteiger partial charge in [0.25, 0.3) is 0 Å². The van der Waals surface area contributed by atoms with Gasteiger partial charge in [0.15, 0.2) is 9.84 Å². The number of nitrogens with two attached hydrogens (primary N) is 1. The van der Waals surface area contributed by atoms with Gasteiger partial charge in [0.2, 0.25) is 5.95 Å². The first-order valence-corrected chi connectivity index (χ1v) is 9.33. The van der Waals surface area contributed by atoms with Crippen molar-refractivity contribution in [3.8, 4) is 0 Å². The first-order chi connectivity index (χ1) is 9.97. The van der Waals surface area contributed by atoms with Crippen LogP contribution in [0.15, 0.2) is 0 Å². The van der Waals surface area contributed by atoms with Crippen LogP contribution in [0.2, 0.25) is 0 Å². The van der Waals surface area contributed by atoms with E-state index in [4.69, 9.17) is 5.73 Å². The Kier molecular flexibility index (Phi) is 3.92. The van der Waals surface area contributed by atoms with Gasteiger partial charge in [-0.15, -0.1) is 5.10 Å². The zero-order valence-corrected chi connectivity index (χ0v) is 13.1. The molecule has 2 aliphatic rings. The number of sulfone groups is 1. The van der Waals surface area contributed by atoms with E-state index in [1.165, 1.54) is 0 Å². The van der Waals surface area contributed by atoms with Crippen LogP contribution >= 0.6 is 0 Å². The maximum absolute atomic E-state index is 12.1. The number of piperidine rings is 1. The molecule has 3 heterocycles. The molecule has 3 unspecified atom stereocenters. The zero-order chi connectivity index (χ0) is 15.0. The number of anilines is 1. The van der Waals surface area contributed by atoms with Crippen molar-refractivity contribution in [1.82, 2.24) is 15.2 Å². The van der Waals surface area contributed by atoms with Crippen LogP contribution in [0.4, 0.5) is 5.95 Å². The van der Waals surface area contributed by atoms with Gasteiger partial charge in [0, 0.05) is 19.1 Å². The highest BCUT2D eigenvalue weighted by molar-refractivity contribution is 7.91. The molecular weight excluding hydrogens is 290 g/mol. The van der Waals surface area contributed by atoms with Crippen molar-refractivity contribution in [2.75, 3.05) is 23.7 Å². The number of rotatable bonds is 2. The summed E-state index contributed by atoms with van der Waals surface area (Å²) in [5.74, 6) is 1.81. The maximum atomic E-state index is 12.1. The van der Waals surface area contributed by atoms with Crippen molar-refractivity contribution in [1.29, 1.82) is 0 Å². The lowest BCUT2D eigenvalue weighted by Crippen LogP contribution is -2.48. The van der Waals surface area contributed by atoms with E-state index in [0.29, 0.717) is 24.1 Å². The van der Waals surface area contributed by atoms with Crippen molar-refractivity contribution >= 4 is 15.8 Å². The Balaban J connectivity index is 1.77. The lowest BCUT2D eigenvalue weighted by Gasteiger charge is -2.34. The van der Waals surface area contributed by atoms with Crippen LogP contribution in [0.5, 0.6) is 0 Å². The number of hydrogen-bond donors (Lipinski definition) is 2. The second kappa shape index (κ2) is 5.57. The molecule has 3 N–H and O–H groups in total. The standard InChI is InChI=1S/C13H23N5O2S/c1-9-5-6-18(8-10(9)14)13-15-12(16-17-13)11-4-2-3-7-21(11,19)20/h9-11H,2-8,14H2,1H3,(H,15,16,17). The third-order valence-electron chi connectivity index (χ3n) is 4.67. The average Bonchev–Trinajstić information content (AvgIpc) is 2.91. The van der Waals surface area contributed by atoms with Gasteiger partial charge in [0.1, 0.15) is 11.1 Å². The molecule has 0 radical (unpaired) electrons. The quantitative estimate of drug-likeness (QED) is 0.829. The third kappa shape index (κ3) is 2.91. The summed E-state index contributed by atoms with van der Waals surface area (Å²) in [6, 6.07) is 0.110. The van der Waals surface area contributed by atoms with Crippen LogP contribution in [-0.4, -0.2) is 48.5 Å². The number of hydrogen-bond acceptors (Lipinski definition) is 6. The average molecular weight is 313 g/mol. The van der Waals surface area contributed by atoms with E-state index in [1.54, 1.807) is 0 Å². The monoisotopic (exact) mass is 313 g/mol. The summed E-state index contributed by atoms with van der Waals surface area (Å²) >= 11 is 0. The van der Waals surface area contributed by atoms with Crippen LogP contribution in [0.1, 0.15) is 43.7 Å². The van der Waals surface area contributed by atoms with E-state index in [9.17, 15) is 8.42 Å². The highest BCUT2D eigenvalue weighted by atomic mass is 32.2. The SMILES string of the molecule is CC1CCN(c2n[nH]c(C3CCCCS3(=O)=O)n2)CC1N. The molecule has 3 rings (SSSR count). The predicted octanol–water partition coefficient (Wildman–Crippen LogP) is 0.618. The number of aromatic nitrogens is 3. The first-order valence-electron chi connectivity index (χ1n) is 7.62. The summed E-state index contributed by atoms with van der Waals surface area (Å²) in [4.78, 5) is 6.48. The van der Waals surface area contributed by atoms with Gasteiger partial charge in [-0.1, -0.05) is 13.3 Å². The van der Waals surface area contributed by atoms with Crippen LogP contribution in [0, 0.1) is 5.92 Å². The maximum Gasteiger partial charge on any atom is 0.244 e. The fourth-order valence-electron chi connectivity index (χ4n) is 3.09. The molecule has 0 aromatic carbocycles. The summed E-state index contributed by atoms with van der Waals surface area (Å²) < 4.78 is 24.3. The summed E-state index contributed by atoms with van der Waals surface area (Å²) in [6.45, 7) is 3.74. The van der Waals surface area contributed by atoms with Gasteiger partial charge in [0.05, 0.1) is 5.75 Å². The molecule has 8 heteroatoms. The van der Waals surface area contributed by atoms with Crippen molar-refractivity contribution < 1.29 is 8.42 Å². The Morgan fingerprint density at radius 3 is 2.86 bits per heavy atom. The van der Waals surface area contributed by atoms with E-state index in [2.05, 4.69) is 22.1 Å². The normalized spacial score (nSPS) is 33.0. The Labute approximate surface area is 125 Å². The Morgan fingerprint density at radius 2 is 2.14 bits per heavy atom. The summed E-state index contributed by atoms with van der Waals surface area (Å²) in [5, 5.41) is 6.52. The number of nitrogens with one attached hydrogen (secondary N) is 1. The lowest BCUT2D eigenvalue weighted by molar-refractivity contribution is 0.376. The number of aromatic amines is 1. The predicted molar refractivity (Wildman–Crippen MR) is 80.7 cm³/mol. The molecule has 1 aromatic rings. The van der Waals surface area contributed by atoms with E-state index in [1.807, 2.05) is 4.90 Å². The van der Waals surface area contributed by atoms with Gasteiger partial charge in [-0.3, -0.25) is 5.10 Å². The molecule has 0 bridgehead atoms. The van der Waals surface area contributed by atoms with Crippen LogP contribution in [-0.2, 0) is 9.84 Å². The van der Waals surface area contributed by atoms with E-state index >= 15 is 0 Å². The topological polar surface area (TPSA) is 105 Å². The van der Waals surface area contributed by atoms with Crippen LogP contribution in [0.25, 0.3) is 0 Å². The summed E-state index contributed by atoms with van der Waals surface area (Å²) in [5.41, 5.74) is 6.10. The molecule has 0 amide bonds. The third-order valence-corrected chi connectivity index (χ3v) is 6.86. The van der Waals surface area contributed by atoms with Gasteiger partial charge >= 0.3 is 0 Å². The van der Waals surface area contributed by atoms with Crippen molar-refractivity contribution in [3.05, 3.63) is 5.82 Å². The molecule has 2 fully saturated rings. The Bertz CT molecular complexity index is 599. The molecule has 21 heavy (non-hydrogen) atoms. The molecule has 1 aromatic heterocycles. The zero-order valence-electron chi connectivity index (χ0n) is 12.3. The molecule has 7 nitrogen and oxygen atoms in total. The van der Waals surface area contributed by atoms with E-state index in [0.717, 1.165) is 32.4 Å². The highest BCUT2D eigenvalue weighted by Crippen LogP contribution is 2.32. The Hall–Kier alpha value is -1.15. The van der Waals surface area contributed by atoms with Crippen molar-refractivity contribution in [2.45, 2.75) is 43.9 Å². The number of nitrogens with zero attached hydrogens (tertiary/aromatic N) is 3. The molecule has 2 aliphatic heterocycles. The highest BCUT2D eigenvalue weighted by Gasteiger charge is 2.34. The fourth-order valence-corrected chi connectivity index (χ4v) is 4.96. The summed E-state index contributed by atoms with van der Waals surface area (Å²) in [7, 11) is -3.09. The molecule has 118 valence electrons. The smallest absolute Gasteiger partial charge is 0.244 e. The molecule has 0 aliphatic carbocycles. The number of H-pyrrole nitrogens is 1. The van der Waals surface area contributed by atoms with E-state index in [-0.39, 0.29) is 11.8 Å². The lowest BCUT2D eigenvalue weighted by atomic mass is 9.95. The van der Waals surface area contributed by atoms with Gasteiger partial charge < -0.3 is 10.6 Å². The second-order valence-corrected chi connectivity index (χ2v) is 8.55. The first kappa shape index (κ1) is 14.8. The second-order valence-electron chi connectivity index (χ2n) is 6.25. The van der Waals surface area contributed by atoms with E-state index < -0.39 is 15.1 Å². The largest absolute Gasteiger partial charge is 0.338 e. The van der Waals surface area contributed by atoms with Gasteiger partial charge in [-0.25, -0.2) is 8.42 Å². The minimum atomic E-state index is -3.09. The van der Waals surface area contributed by atoms with Crippen LogP contribution < -0.4 is 10.6 Å². The molecule has 2 saturated heterocycles. The molecule has 3 atom stereocenters. The Morgan fingerprint density at radius 1 is 1.33 bits per heavy atom. The van der Waals surface area contributed by atoms with Gasteiger partial charge in [-0.05, 0) is 25.2 Å².